The van der Waals surface area contributed by atoms with Gasteiger partial charge in [0.1, 0.15) is 0 Å². The fourth-order valence-corrected chi connectivity index (χ4v) is 3.15. The highest BCUT2D eigenvalue weighted by Gasteiger charge is 2.15. The number of aryl methyl sites for hydroxylation is 1. The molecule has 0 radical (unpaired) electrons. The summed E-state index contributed by atoms with van der Waals surface area (Å²) in [7, 11) is -3.63. The Morgan fingerprint density at radius 1 is 1.29 bits per heavy atom. The number of hydrogen-bond acceptors (Lipinski definition) is 4. The minimum atomic E-state index is -3.63. The highest BCUT2D eigenvalue weighted by molar-refractivity contribution is 7.89. The van der Waals surface area contributed by atoms with Gasteiger partial charge in [0.2, 0.25) is 10.0 Å². The van der Waals surface area contributed by atoms with E-state index in [9.17, 15) is 8.42 Å². The second-order valence-electron chi connectivity index (χ2n) is 4.58. The molecule has 0 aliphatic heterocycles. The normalized spacial score (nSPS) is 11.6. The van der Waals surface area contributed by atoms with Crippen molar-refractivity contribution in [2.45, 2.75) is 24.9 Å². The first-order valence-corrected chi connectivity index (χ1v) is 8.18. The molecule has 2 rings (SSSR count). The van der Waals surface area contributed by atoms with E-state index in [0.717, 1.165) is 11.1 Å². The van der Waals surface area contributed by atoms with E-state index in [1.165, 1.54) is 12.1 Å². The van der Waals surface area contributed by atoms with Crippen molar-refractivity contribution in [3.8, 4) is 0 Å². The standard InChI is InChI=1S/C14H16ClN3O2S/c1-10-4-5-17-8-12(10)9-18-21(19,20)13-3-2-11(7-16)14(15)6-13/h2-6,8,18H,7,9,16H2,1H3. The molecular weight excluding hydrogens is 310 g/mol. The molecule has 2 aromatic rings. The smallest absolute Gasteiger partial charge is 0.240 e. The molecule has 1 aromatic heterocycles. The Labute approximate surface area is 129 Å². The van der Waals surface area contributed by atoms with E-state index < -0.39 is 10.0 Å². The summed E-state index contributed by atoms with van der Waals surface area (Å²) in [5.74, 6) is 0. The van der Waals surface area contributed by atoms with Gasteiger partial charge < -0.3 is 5.73 Å². The van der Waals surface area contributed by atoms with Gasteiger partial charge in [-0.1, -0.05) is 17.7 Å². The lowest BCUT2D eigenvalue weighted by atomic mass is 10.2. The molecule has 5 nitrogen and oxygen atoms in total. The molecule has 21 heavy (non-hydrogen) atoms. The van der Waals surface area contributed by atoms with Gasteiger partial charge in [0.15, 0.2) is 0 Å². The molecular formula is C14H16ClN3O2S. The Bertz CT molecular complexity index is 748. The lowest BCUT2D eigenvalue weighted by Crippen LogP contribution is -2.23. The van der Waals surface area contributed by atoms with Crippen LogP contribution >= 0.6 is 11.6 Å². The molecule has 0 bridgehead atoms. The zero-order valence-corrected chi connectivity index (χ0v) is 13.1. The number of benzene rings is 1. The lowest BCUT2D eigenvalue weighted by molar-refractivity contribution is 0.581. The molecule has 3 N–H and O–H groups in total. The molecule has 0 atom stereocenters. The summed E-state index contributed by atoms with van der Waals surface area (Å²) in [4.78, 5) is 4.10. The summed E-state index contributed by atoms with van der Waals surface area (Å²) in [6, 6.07) is 6.34. The van der Waals surface area contributed by atoms with Crippen LogP contribution in [0.25, 0.3) is 0 Å². The molecule has 1 aromatic carbocycles. The van der Waals surface area contributed by atoms with Gasteiger partial charge in [0, 0.05) is 30.5 Å². The monoisotopic (exact) mass is 325 g/mol. The predicted octanol–water partition coefficient (Wildman–Crippen LogP) is 1.98. The first kappa shape index (κ1) is 15.9. The van der Waals surface area contributed by atoms with Crippen LogP contribution in [0, 0.1) is 6.92 Å². The number of hydrogen-bond donors (Lipinski definition) is 2. The lowest BCUT2D eigenvalue weighted by Gasteiger charge is -2.10. The van der Waals surface area contributed by atoms with E-state index in [-0.39, 0.29) is 18.0 Å². The Hall–Kier alpha value is -1.47. The van der Waals surface area contributed by atoms with Crippen LogP contribution in [-0.2, 0) is 23.1 Å². The van der Waals surface area contributed by atoms with Crippen LogP contribution in [-0.4, -0.2) is 13.4 Å². The van der Waals surface area contributed by atoms with Crippen LogP contribution in [0.4, 0.5) is 0 Å². The van der Waals surface area contributed by atoms with E-state index in [2.05, 4.69) is 9.71 Å². The number of rotatable bonds is 5. The van der Waals surface area contributed by atoms with E-state index >= 15 is 0 Å². The number of nitrogens with one attached hydrogen (secondary N) is 1. The van der Waals surface area contributed by atoms with Gasteiger partial charge in [-0.3, -0.25) is 4.98 Å². The van der Waals surface area contributed by atoms with Crippen LogP contribution in [0.1, 0.15) is 16.7 Å². The number of halogens is 1. The molecule has 0 amide bonds. The van der Waals surface area contributed by atoms with Gasteiger partial charge in [-0.15, -0.1) is 0 Å². The highest BCUT2D eigenvalue weighted by atomic mass is 35.5. The quantitative estimate of drug-likeness (QED) is 0.880. The van der Waals surface area contributed by atoms with Gasteiger partial charge in [-0.05, 0) is 41.8 Å². The highest BCUT2D eigenvalue weighted by Crippen LogP contribution is 2.20. The Balaban J connectivity index is 2.19. The van der Waals surface area contributed by atoms with Crippen LogP contribution in [0.2, 0.25) is 5.02 Å². The largest absolute Gasteiger partial charge is 0.326 e. The van der Waals surface area contributed by atoms with Crippen molar-refractivity contribution >= 4 is 21.6 Å². The molecule has 0 saturated heterocycles. The molecule has 0 fully saturated rings. The molecule has 0 saturated carbocycles. The SMILES string of the molecule is Cc1ccncc1CNS(=O)(=O)c1ccc(CN)c(Cl)c1. The minimum Gasteiger partial charge on any atom is -0.326 e. The molecule has 112 valence electrons. The summed E-state index contributed by atoms with van der Waals surface area (Å²) in [6.07, 6.45) is 3.31. The number of nitrogens with two attached hydrogens (primary N) is 1. The van der Waals surface area contributed by atoms with Crippen molar-refractivity contribution in [2.24, 2.45) is 5.73 Å². The van der Waals surface area contributed by atoms with Crippen LogP contribution in [0.3, 0.4) is 0 Å². The maximum absolute atomic E-state index is 12.2. The van der Waals surface area contributed by atoms with Gasteiger partial charge in [0.05, 0.1) is 4.90 Å². The van der Waals surface area contributed by atoms with Crippen LogP contribution in [0.5, 0.6) is 0 Å². The van der Waals surface area contributed by atoms with Crippen molar-refractivity contribution in [1.82, 2.24) is 9.71 Å². The second-order valence-corrected chi connectivity index (χ2v) is 6.76. The molecule has 1 heterocycles. The van der Waals surface area contributed by atoms with Crippen molar-refractivity contribution in [1.29, 1.82) is 0 Å². The summed E-state index contributed by atoms with van der Waals surface area (Å²) >= 11 is 6.00. The predicted molar refractivity (Wildman–Crippen MR) is 82.3 cm³/mol. The summed E-state index contributed by atoms with van der Waals surface area (Å²) in [5, 5.41) is 0.345. The van der Waals surface area contributed by atoms with Crippen molar-refractivity contribution < 1.29 is 8.42 Å². The van der Waals surface area contributed by atoms with Gasteiger partial charge in [-0.25, -0.2) is 13.1 Å². The third-order valence-corrected chi connectivity index (χ3v) is 4.91. The van der Waals surface area contributed by atoms with Gasteiger partial charge >= 0.3 is 0 Å². The number of nitrogens with zero attached hydrogens (tertiary/aromatic N) is 1. The number of sulfonamides is 1. The average Bonchev–Trinajstić information content (AvgIpc) is 2.46. The third kappa shape index (κ3) is 3.79. The zero-order valence-electron chi connectivity index (χ0n) is 11.5. The third-order valence-electron chi connectivity index (χ3n) is 3.15. The average molecular weight is 326 g/mol. The van der Waals surface area contributed by atoms with Crippen LogP contribution in [0.15, 0.2) is 41.6 Å². The summed E-state index contributed by atoms with van der Waals surface area (Å²) in [5.41, 5.74) is 8.01. The fraction of sp³-hybridized carbons (Fsp3) is 0.214. The maximum Gasteiger partial charge on any atom is 0.240 e. The van der Waals surface area contributed by atoms with Crippen molar-refractivity contribution in [3.05, 3.63) is 58.4 Å². The Morgan fingerprint density at radius 3 is 2.67 bits per heavy atom. The topological polar surface area (TPSA) is 85.1 Å². The first-order chi connectivity index (χ1) is 9.94. The van der Waals surface area contributed by atoms with Gasteiger partial charge in [-0.2, -0.15) is 0 Å². The van der Waals surface area contributed by atoms with E-state index in [1.54, 1.807) is 18.5 Å². The first-order valence-electron chi connectivity index (χ1n) is 6.31. The fourth-order valence-electron chi connectivity index (χ4n) is 1.80. The van der Waals surface area contributed by atoms with Crippen LogP contribution < -0.4 is 10.5 Å². The number of pyridine rings is 1. The molecule has 0 unspecified atom stereocenters. The molecule has 7 heteroatoms. The second kappa shape index (κ2) is 6.53. The number of aromatic nitrogens is 1. The Kier molecular flexibility index (Phi) is 4.95. The van der Waals surface area contributed by atoms with E-state index in [4.69, 9.17) is 17.3 Å². The maximum atomic E-state index is 12.2. The van der Waals surface area contributed by atoms with Gasteiger partial charge in [0.25, 0.3) is 0 Å². The zero-order chi connectivity index (χ0) is 15.5. The summed E-state index contributed by atoms with van der Waals surface area (Å²) in [6.45, 7) is 2.35. The molecule has 0 aliphatic rings. The van der Waals surface area contributed by atoms with Crippen molar-refractivity contribution in [3.63, 3.8) is 0 Å². The Morgan fingerprint density at radius 2 is 2.05 bits per heavy atom. The summed E-state index contributed by atoms with van der Waals surface area (Å²) < 4.78 is 27.0. The van der Waals surface area contributed by atoms with Crippen molar-refractivity contribution in [2.75, 3.05) is 0 Å². The van der Waals surface area contributed by atoms with E-state index in [1.807, 2.05) is 13.0 Å². The minimum absolute atomic E-state index is 0.117. The molecule has 0 spiro atoms. The van der Waals surface area contributed by atoms with E-state index in [0.29, 0.717) is 10.6 Å². The molecule has 0 aliphatic carbocycles.